The Bertz CT molecular complexity index is 2850. The third-order valence-electron chi connectivity index (χ3n) is 10.2. The van der Waals surface area contributed by atoms with Crippen LogP contribution in [0, 0.1) is 0 Å². The molecule has 55 heavy (non-hydrogen) atoms. The van der Waals surface area contributed by atoms with Crippen LogP contribution in [0.25, 0.3) is 77.6 Å². The minimum absolute atomic E-state index is 0.680. The molecule has 4 nitrogen and oxygen atoms in total. The van der Waals surface area contributed by atoms with Crippen LogP contribution in [0.4, 0.5) is 17.1 Å². The molecule has 10 aromatic rings. The van der Waals surface area contributed by atoms with E-state index in [-0.39, 0.29) is 0 Å². The molecule has 4 heteroatoms. The van der Waals surface area contributed by atoms with Gasteiger partial charge >= 0.3 is 0 Å². The summed E-state index contributed by atoms with van der Waals surface area (Å²) in [6.07, 6.45) is 0. The highest BCUT2D eigenvalue weighted by Gasteiger charge is 2.22. The Kier molecular flexibility index (Phi) is 8.12. The summed E-state index contributed by atoms with van der Waals surface area (Å²) in [5, 5.41) is 5.60. The van der Waals surface area contributed by atoms with Crippen molar-refractivity contribution in [2.24, 2.45) is 0 Å². The van der Waals surface area contributed by atoms with Crippen LogP contribution in [0.1, 0.15) is 0 Å². The van der Waals surface area contributed by atoms with Gasteiger partial charge < -0.3 is 4.90 Å². The molecule has 0 amide bonds. The molecule has 0 fully saturated rings. The zero-order valence-corrected chi connectivity index (χ0v) is 29.9. The molecule has 0 aliphatic heterocycles. The van der Waals surface area contributed by atoms with Crippen LogP contribution in [-0.4, -0.2) is 15.0 Å². The van der Waals surface area contributed by atoms with Crippen LogP contribution in [0.3, 0.4) is 0 Å². The van der Waals surface area contributed by atoms with Crippen molar-refractivity contribution >= 4 is 49.5 Å². The minimum atomic E-state index is 0.680. The van der Waals surface area contributed by atoms with Crippen molar-refractivity contribution in [3.63, 3.8) is 0 Å². The maximum absolute atomic E-state index is 5.59. The van der Waals surface area contributed by atoms with Crippen molar-refractivity contribution in [1.82, 2.24) is 15.0 Å². The normalized spacial score (nSPS) is 11.3. The second-order valence-electron chi connectivity index (χ2n) is 13.6. The maximum atomic E-state index is 5.59. The molecular formula is C51H34N4. The Hall–Kier alpha value is -7.43. The summed E-state index contributed by atoms with van der Waals surface area (Å²) in [5.74, 6) is 0.680. The quantitative estimate of drug-likeness (QED) is 0.155. The second-order valence-corrected chi connectivity index (χ2v) is 13.6. The first-order valence-electron chi connectivity index (χ1n) is 18.5. The standard InChI is InChI=1S/C51H34N4/c1-6-18-35(19-7-1)45-34-47(54-51(53-45)37-22-10-3-11-23-37)44-32-38-24-16-17-29-42(38)48-43-31-30-41(33-46(43)52-50(49(44)48)36-20-8-2-9-21-36)55(39-25-12-4-13-26-39)40-27-14-5-15-28-40/h1-34H. The fourth-order valence-corrected chi connectivity index (χ4v) is 7.68. The van der Waals surface area contributed by atoms with Crippen LogP contribution in [0.5, 0.6) is 0 Å². The Morgan fingerprint density at radius 2 is 0.891 bits per heavy atom. The van der Waals surface area contributed by atoms with E-state index in [9.17, 15) is 0 Å². The van der Waals surface area contributed by atoms with Crippen molar-refractivity contribution in [1.29, 1.82) is 0 Å². The van der Waals surface area contributed by atoms with Gasteiger partial charge in [0.2, 0.25) is 0 Å². The van der Waals surface area contributed by atoms with E-state index in [1.54, 1.807) is 0 Å². The zero-order chi connectivity index (χ0) is 36.6. The summed E-state index contributed by atoms with van der Waals surface area (Å²) < 4.78 is 0. The fraction of sp³-hybridized carbons (Fsp3) is 0. The molecule has 10 rings (SSSR count). The van der Waals surface area contributed by atoms with Gasteiger partial charge in [-0.2, -0.15) is 0 Å². The van der Waals surface area contributed by atoms with Crippen molar-refractivity contribution in [2.75, 3.05) is 4.90 Å². The molecule has 0 atom stereocenters. The first-order chi connectivity index (χ1) is 27.3. The predicted octanol–water partition coefficient (Wildman–Crippen LogP) is 13.5. The lowest BCUT2D eigenvalue weighted by Gasteiger charge is -2.26. The second kappa shape index (κ2) is 13.8. The smallest absolute Gasteiger partial charge is 0.160 e. The average molecular weight is 703 g/mol. The van der Waals surface area contributed by atoms with E-state index in [4.69, 9.17) is 15.0 Å². The van der Waals surface area contributed by atoms with Crippen LogP contribution in [-0.2, 0) is 0 Å². The Labute approximate surface area is 319 Å². The largest absolute Gasteiger partial charge is 0.310 e. The molecule has 0 saturated carbocycles. The summed E-state index contributed by atoms with van der Waals surface area (Å²) in [6.45, 7) is 0. The van der Waals surface area contributed by atoms with E-state index in [1.807, 2.05) is 24.3 Å². The Balaban J connectivity index is 1.31. The molecule has 0 unspecified atom stereocenters. The molecule has 0 radical (unpaired) electrons. The van der Waals surface area contributed by atoms with E-state index in [2.05, 4.69) is 187 Å². The van der Waals surface area contributed by atoms with E-state index < -0.39 is 0 Å². The van der Waals surface area contributed by atoms with Crippen molar-refractivity contribution in [2.45, 2.75) is 0 Å². The van der Waals surface area contributed by atoms with Gasteiger partial charge in [0.1, 0.15) is 0 Å². The Morgan fingerprint density at radius 3 is 1.55 bits per heavy atom. The lowest BCUT2D eigenvalue weighted by Crippen LogP contribution is -2.09. The summed E-state index contributed by atoms with van der Waals surface area (Å²) in [5.41, 5.74) is 10.8. The van der Waals surface area contributed by atoms with Gasteiger partial charge in [0.05, 0.1) is 22.6 Å². The molecule has 0 saturated heterocycles. The number of benzene rings is 8. The molecule has 0 spiro atoms. The van der Waals surface area contributed by atoms with E-state index in [1.165, 1.54) is 5.39 Å². The molecule has 2 aromatic heterocycles. The van der Waals surface area contributed by atoms with Crippen molar-refractivity contribution in [3.05, 3.63) is 206 Å². The third-order valence-corrected chi connectivity index (χ3v) is 10.2. The molecule has 0 aliphatic carbocycles. The number of pyridine rings is 1. The Morgan fingerprint density at radius 1 is 0.345 bits per heavy atom. The van der Waals surface area contributed by atoms with Gasteiger partial charge in [-0.05, 0) is 59.3 Å². The third kappa shape index (κ3) is 5.96. The number of anilines is 3. The number of hydrogen-bond acceptors (Lipinski definition) is 4. The molecule has 258 valence electrons. The van der Waals surface area contributed by atoms with Crippen molar-refractivity contribution in [3.8, 4) is 45.2 Å². The zero-order valence-electron chi connectivity index (χ0n) is 29.9. The molecule has 0 N–H and O–H groups in total. The topological polar surface area (TPSA) is 41.9 Å². The predicted molar refractivity (Wildman–Crippen MR) is 229 cm³/mol. The van der Waals surface area contributed by atoms with Crippen molar-refractivity contribution < 1.29 is 0 Å². The minimum Gasteiger partial charge on any atom is -0.310 e. The van der Waals surface area contributed by atoms with Gasteiger partial charge in [0, 0.05) is 55.5 Å². The lowest BCUT2D eigenvalue weighted by atomic mass is 9.90. The molecule has 0 aliphatic rings. The van der Waals surface area contributed by atoms with Crippen LogP contribution >= 0.6 is 0 Å². The van der Waals surface area contributed by atoms with Gasteiger partial charge in [0.15, 0.2) is 5.82 Å². The molecule has 0 bridgehead atoms. The van der Waals surface area contributed by atoms with E-state index in [0.717, 1.165) is 83.5 Å². The number of para-hydroxylation sites is 2. The van der Waals surface area contributed by atoms with E-state index >= 15 is 0 Å². The number of rotatable bonds is 7. The average Bonchev–Trinajstić information content (AvgIpc) is 3.27. The van der Waals surface area contributed by atoms with Crippen LogP contribution in [0.2, 0.25) is 0 Å². The van der Waals surface area contributed by atoms with Gasteiger partial charge in [-0.15, -0.1) is 0 Å². The van der Waals surface area contributed by atoms with Crippen LogP contribution < -0.4 is 4.90 Å². The van der Waals surface area contributed by atoms with Gasteiger partial charge in [-0.25, -0.2) is 15.0 Å². The van der Waals surface area contributed by atoms with Gasteiger partial charge in [-0.1, -0.05) is 158 Å². The van der Waals surface area contributed by atoms with E-state index in [0.29, 0.717) is 5.82 Å². The summed E-state index contributed by atoms with van der Waals surface area (Å²) in [6, 6.07) is 71.9. The van der Waals surface area contributed by atoms with Crippen LogP contribution in [0.15, 0.2) is 206 Å². The summed E-state index contributed by atoms with van der Waals surface area (Å²) in [7, 11) is 0. The highest BCUT2D eigenvalue weighted by molar-refractivity contribution is 6.26. The summed E-state index contributed by atoms with van der Waals surface area (Å²) in [4.78, 5) is 18.3. The highest BCUT2D eigenvalue weighted by Crippen LogP contribution is 2.45. The molecule has 2 heterocycles. The maximum Gasteiger partial charge on any atom is 0.160 e. The number of nitrogens with zero attached hydrogens (tertiary/aromatic N) is 4. The fourth-order valence-electron chi connectivity index (χ4n) is 7.68. The number of hydrogen-bond donors (Lipinski definition) is 0. The molecule has 8 aromatic carbocycles. The first-order valence-corrected chi connectivity index (χ1v) is 18.5. The monoisotopic (exact) mass is 702 g/mol. The van der Waals surface area contributed by atoms with Gasteiger partial charge in [0.25, 0.3) is 0 Å². The first kappa shape index (κ1) is 32.2. The number of aromatic nitrogens is 3. The summed E-state index contributed by atoms with van der Waals surface area (Å²) >= 11 is 0. The SMILES string of the molecule is c1ccc(-c2cc(-c3cc4ccccc4c4c3c(-c3ccccc3)nc3cc(N(c5ccccc5)c5ccccc5)ccc34)nc(-c3ccccc3)n2)cc1. The highest BCUT2D eigenvalue weighted by atomic mass is 15.1. The van der Waals surface area contributed by atoms with Gasteiger partial charge in [-0.3, -0.25) is 0 Å². The lowest BCUT2D eigenvalue weighted by molar-refractivity contribution is 1.18. The number of fused-ring (bicyclic) bond motifs is 5. The molecular weight excluding hydrogens is 669 g/mol.